The van der Waals surface area contributed by atoms with Crippen LogP contribution >= 0.6 is 0 Å². The third kappa shape index (κ3) is 7.66. The second-order valence-electron chi connectivity index (χ2n) is 6.81. The predicted molar refractivity (Wildman–Crippen MR) is 123 cm³/mol. The number of sulfone groups is 1. The number of para-hydroxylation sites is 2. The Bertz CT molecular complexity index is 1300. The molecular formula is C19H22KN4O5S2. The molecule has 31 heavy (non-hydrogen) atoms. The Morgan fingerprint density at radius 3 is 2.10 bits per heavy atom. The number of nitrogens with zero attached hydrogens (tertiary/aromatic N) is 2. The molecule has 9 nitrogen and oxygen atoms in total. The van der Waals surface area contributed by atoms with Crippen LogP contribution in [0.5, 0.6) is 5.75 Å². The van der Waals surface area contributed by atoms with Crippen LogP contribution in [0.4, 0.5) is 17.3 Å². The minimum absolute atomic E-state index is 0. The molecule has 0 spiro atoms. The van der Waals surface area contributed by atoms with E-state index in [2.05, 4.69) is 20.0 Å². The minimum Gasteiger partial charge on any atom is -0.497 e. The number of sulfonamides is 1. The summed E-state index contributed by atoms with van der Waals surface area (Å²) in [5.41, 5.74) is 2.34. The fraction of sp³-hybridized carbons (Fsp3) is 0.263. The first-order valence-corrected chi connectivity index (χ1v) is 12.9. The van der Waals surface area contributed by atoms with Crippen LogP contribution in [-0.4, -0.2) is 104 Å². The van der Waals surface area contributed by atoms with Gasteiger partial charge in [0, 0.05) is 69.4 Å². The van der Waals surface area contributed by atoms with E-state index in [1.165, 1.54) is 13.4 Å². The van der Waals surface area contributed by atoms with Crippen molar-refractivity contribution in [3.63, 3.8) is 0 Å². The molecule has 0 atom stereocenters. The van der Waals surface area contributed by atoms with Crippen LogP contribution in [0.1, 0.15) is 5.56 Å². The molecule has 3 rings (SSSR count). The summed E-state index contributed by atoms with van der Waals surface area (Å²) in [7, 11) is -5.26. The molecule has 0 unspecified atom stereocenters. The van der Waals surface area contributed by atoms with Crippen molar-refractivity contribution in [3.8, 4) is 5.75 Å². The van der Waals surface area contributed by atoms with Crippen molar-refractivity contribution in [2.75, 3.05) is 35.4 Å². The van der Waals surface area contributed by atoms with E-state index in [1.54, 1.807) is 42.5 Å². The zero-order valence-corrected chi connectivity index (χ0v) is 22.5. The average Bonchev–Trinajstić information content (AvgIpc) is 2.65. The average molecular weight is 490 g/mol. The van der Waals surface area contributed by atoms with Gasteiger partial charge in [-0.1, -0.05) is 18.2 Å². The van der Waals surface area contributed by atoms with Gasteiger partial charge in [-0.15, -0.1) is 0 Å². The first-order valence-electron chi connectivity index (χ1n) is 8.90. The number of rotatable bonds is 8. The molecule has 1 radical (unpaired) electrons. The summed E-state index contributed by atoms with van der Waals surface area (Å²) < 4.78 is 54.5. The van der Waals surface area contributed by atoms with Crippen LogP contribution in [-0.2, 0) is 26.3 Å². The number of benzene rings is 2. The summed E-state index contributed by atoms with van der Waals surface area (Å²) in [6.07, 6.45) is 2.46. The first-order chi connectivity index (χ1) is 14.0. The van der Waals surface area contributed by atoms with E-state index in [-0.39, 0.29) is 75.2 Å². The van der Waals surface area contributed by atoms with Gasteiger partial charge in [-0.2, -0.15) is 0 Å². The van der Waals surface area contributed by atoms with E-state index in [0.29, 0.717) is 28.0 Å². The second kappa shape index (κ2) is 10.6. The number of ether oxygens (including phenoxy) is 1. The number of hydrogen-bond donors (Lipinski definition) is 2. The largest absolute Gasteiger partial charge is 0.497 e. The fourth-order valence-corrected chi connectivity index (χ4v) is 3.86. The molecule has 1 heterocycles. The van der Waals surface area contributed by atoms with Crippen molar-refractivity contribution in [1.29, 1.82) is 0 Å². The van der Waals surface area contributed by atoms with E-state index < -0.39 is 19.9 Å². The van der Waals surface area contributed by atoms with Gasteiger partial charge in [-0.05, 0) is 30.2 Å². The summed E-state index contributed by atoms with van der Waals surface area (Å²) in [6, 6.07) is 12.2. The molecule has 0 aliphatic carbocycles. The van der Waals surface area contributed by atoms with Crippen molar-refractivity contribution in [2.24, 2.45) is 0 Å². The molecule has 0 fully saturated rings. The molecule has 0 aliphatic rings. The minimum atomic E-state index is -3.61. The monoisotopic (exact) mass is 489 g/mol. The molecule has 0 bridgehead atoms. The van der Waals surface area contributed by atoms with Gasteiger partial charge >= 0.3 is 0 Å². The third-order valence-electron chi connectivity index (χ3n) is 4.16. The third-order valence-corrected chi connectivity index (χ3v) is 5.67. The number of hydrogen-bond acceptors (Lipinski definition) is 8. The maximum absolute atomic E-state index is 11.8. The van der Waals surface area contributed by atoms with Crippen LogP contribution in [0, 0.1) is 0 Å². The van der Waals surface area contributed by atoms with E-state index in [9.17, 15) is 16.8 Å². The van der Waals surface area contributed by atoms with Crippen molar-refractivity contribution in [3.05, 3.63) is 48.0 Å². The number of anilines is 3. The Hall–Kier alpha value is -1.28. The molecule has 2 N–H and O–H groups in total. The number of methoxy groups -OCH3 is 1. The predicted octanol–water partition coefficient (Wildman–Crippen LogP) is 1.96. The van der Waals surface area contributed by atoms with Crippen LogP contribution in [0.3, 0.4) is 0 Å². The zero-order valence-electron chi connectivity index (χ0n) is 17.7. The van der Waals surface area contributed by atoms with Crippen LogP contribution in [0.15, 0.2) is 42.5 Å². The van der Waals surface area contributed by atoms with Gasteiger partial charge in [0.1, 0.15) is 15.6 Å². The van der Waals surface area contributed by atoms with E-state index in [4.69, 9.17) is 4.74 Å². The number of aryl methyl sites for hydroxylation is 1. The summed E-state index contributed by atoms with van der Waals surface area (Å²) >= 11 is 0. The smallest absolute Gasteiger partial charge is 0.231 e. The van der Waals surface area contributed by atoms with E-state index in [0.717, 1.165) is 6.26 Å². The number of fused-ring (bicyclic) bond motifs is 1. The van der Waals surface area contributed by atoms with Crippen LogP contribution < -0.4 is 14.8 Å². The topological polar surface area (TPSA) is 127 Å². The van der Waals surface area contributed by atoms with Gasteiger partial charge in [0.05, 0.1) is 30.2 Å². The van der Waals surface area contributed by atoms with Gasteiger partial charge in [-0.25, -0.2) is 26.8 Å². The molecule has 0 saturated carbocycles. The molecule has 0 aliphatic heterocycles. The van der Waals surface area contributed by atoms with E-state index >= 15 is 0 Å². The van der Waals surface area contributed by atoms with Crippen molar-refractivity contribution in [1.82, 2.24) is 9.97 Å². The van der Waals surface area contributed by atoms with Crippen molar-refractivity contribution in [2.45, 2.75) is 6.42 Å². The van der Waals surface area contributed by atoms with E-state index in [1.807, 2.05) is 0 Å². The summed E-state index contributed by atoms with van der Waals surface area (Å²) in [5, 5.41) is 3.09. The molecule has 0 saturated heterocycles. The Balaban J connectivity index is 0.00000341. The van der Waals surface area contributed by atoms with Gasteiger partial charge in [-0.3, -0.25) is 4.72 Å². The molecular weight excluding hydrogens is 467 g/mol. The Kier molecular flexibility index (Phi) is 8.84. The van der Waals surface area contributed by atoms with Gasteiger partial charge in [0.2, 0.25) is 10.0 Å². The number of nitrogens with one attached hydrogen (secondary N) is 2. The normalized spacial score (nSPS) is 11.6. The molecule has 0 amide bonds. The Labute approximate surface area is 224 Å². The summed E-state index contributed by atoms with van der Waals surface area (Å²) in [5.74, 6) is 0.735. The molecule has 3 aromatic rings. The van der Waals surface area contributed by atoms with Crippen molar-refractivity contribution >= 4 is 99.6 Å². The standard InChI is InChI=1S/C19H22N4O5S2.K/c1-28-14-9-8-13(10-11-29(2,24)25)17(12-14)22-18-19(23-30(3,26)27)21-16-7-5-4-6-15(16)20-18;/h4-9,12H,10-11H2,1-3H3,(H,20,22)(H,21,23);. The van der Waals surface area contributed by atoms with Crippen molar-refractivity contribution < 1.29 is 21.6 Å². The Morgan fingerprint density at radius 1 is 0.935 bits per heavy atom. The zero-order chi connectivity index (χ0) is 21.9. The number of aromatic nitrogens is 2. The molecule has 2 aromatic carbocycles. The fourth-order valence-electron chi connectivity index (χ4n) is 2.77. The van der Waals surface area contributed by atoms with Gasteiger partial charge < -0.3 is 10.1 Å². The second-order valence-corrected chi connectivity index (χ2v) is 10.8. The summed E-state index contributed by atoms with van der Waals surface area (Å²) in [4.78, 5) is 8.87. The molecule has 12 heteroatoms. The van der Waals surface area contributed by atoms with Gasteiger partial charge in [0.15, 0.2) is 11.6 Å². The quantitative estimate of drug-likeness (QED) is 0.460. The van der Waals surface area contributed by atoms with Crippen LogP contribution in [0.25, 0.3) is 11.0 Å². The maximum Gasteiger partial charge on any atom is 0.231 e. The Morgan fingerprint density at radius 2 is 1.55 bits per heavy atom. The van der Waals surface area contributed by atoms with Crippen LogP contribution in [0.2, 0.25) is 0 Å². The maximum atomic E-state index is 11.8. The van der Waals surface area contributed by atoms with Gasteiger partial charge in [0.25, 0.3) is 0 Å². The molecule has 161 valence electrons. The molecule has 1 aromatic heterocycles. The SMILES string of the molecule is COc1ccc(CCS(C)(=O)=O)c(Nc2nc3ccccc3nc2NS(C)(=O)=O)c1.[K]. The first kappa shape index (κ1) is 26.0. The summed E-state index contributed by atoms with van der Waals surface area (Å²) in [6.45, 7) is 0.